The monoisotopic (exact) mass is 353 g/mol. The molecule has 3 aromatic rings. The van der Waals surface area contributed by atoms with Crippen molar-refractivity contribution >= 4 is 28.6 Å². The zero-order chi connectivity index (χ0) is 18.4. The summed E-state index contributed by atoms with van der Waals surface area (Å²) in [6.07, 6.45) is 0.193. The molecule has 1 aromatic heterocycles. The number of aromatic nitrogens is 1. The van der Waals surface area contributed by atoms with Gasteiger partial charge in [-0.2, -0.15) is 0 Å². The molecule has 7 nitrogen and oxygen atoms in total. The van der Waals surface area contributed by atoms with Crippen molar-refractivity contribution < 1.29 is 18.7 Å². The number of hydrogen-bond donors (Lipinski definition) is 2. The zero-order valence-electron chi connectivity index (χ0n) is 14.3. The summed E-state index contributed by atoms with van der Waals surface area (Å²) >= 11 is 0. The van der Waals surface area contributed by atoms with E-state index >= 15 is 0 Å². The van der Waals surface area contributed by atoms with Gasteiger partial charge in [0.25, 0.3) is 0 Å². The molecule has 0 saturated carbocycles. The van der Waals surface area contributed by atoms with Crippen molar-refractivity contribution in [3.05, 3.63) is 54.4 Å². The summed E-state index contributed by atoms with van der Waals surface area (Å²) in [5.74, 6) is 0.634. The molecule has 0 saturated heterocycles. The molecule has 1 heterocycles. The Labute approximate surface area is 150 Å². The van der Waals surface area contributed by atoms with Crippen molar-refractivity contribution in [3.8, 4) is 5.75 Å². The first-order valence-electron chi connectivity index (χ1n) is 8.19. The molecule has 2 N–H and O–H groups in total. The Morgan fingerprint density at radius 3 is 2.62 bits per heavy atom. The van der Waals surface area contributed by atoms with Gasteiger partial charge >= 0.3 is 0 Å². The third-order valence-electron chi connectivity index (χ3n) is 3.71. The summed E-state index contributed by atoms with van der Waals surface area (Å²) in [6, 6.07) is 14.4. The minimum Gasteiger partial charge on any atom is -0.497 e. The summed E-state index contributed by atoms with van der Waals surface area (Å²) in [5.41, 5.74) is 1.99. The van der Waals surface area contributed by atoms with Crippen LogP contribution in [0.5, 0.6) is 5.75 Å². The molecule has 0 unspecified atom stereocenters. The van der Waals surface area contributed by atoms with Gasteiger partial charge in [0.1, 0.15) is 11.3 Å². The van der Waals surface area contributed by atoms with Crippen molar-refractivity contribution in [2.45, 2.75) is 19.4 Å². The molecule has 0 fully saturated rings. The Hall–Kier alpha value is -3.35. The number of nitrogens with zero attached hydrogens (tertiary/aromatic N) is 1. The number of para-hydroxylation sites is 1. The average Bonchev–Trinajstić information content (AvgIpc) is 3.07. The van der Waals surface area contributed by atoms with Crippen LogP contribution in [0.1, 0.15) is 18.7 Å². The molecule has 2 amide bonds. The van der Waals surface area contributed by atoms with E-state index in [1.54, 1.807) is 37.4 Å². The Morgan fingerprint density at radius 1 is 1.08 bits per heavy atom. The fourth-order valence-corrected chi connectivity index (χ4v) is 2.39. The van der Waals surface area contributed by atoms with Gasteiger partial charge in [0.15, 0.2) is 5.58 Å². The molecule has 2 aromatic carbocycles. The molecular formula is C19H19N3O4. The molecule has 0 aliphatic heterocycles. The molecule has 7 heteroatoms. The highest BCUT2D eigenvalue weighted by molar-refractivity contribution is 5.93. The highest BCUT2D eigenvalue weighted by Crippen LogP contribution is 2.21. The second-order valence-corrected chi connectivity index (χ2v) is 5.63. The van der Waals surface area contributed by atoms with E-state index in [2.05, 4.69) is 15.6 Å². The van der Waals surface area contributed by atoms with Gasteiger partial charge in [0.05, 0.1) is 13.7 Å². The van der Waals surface area contributed by atoms with Gasteiger partial charge in [-0.15, -0.1) is 0 Å². The molecular weight excluding hydrogens is 334 g/mol. The van der Waals surface area contributed by atoms with Crippen molar-refractivity contribution in [2.24, 2.45) is 0 Å². The van der Waals surface area contributed by atoms with Crippen LogP contribution in [0.15, 0.2) is 52.9 Å². The normalized spacial score (nSPS) is 10.5. The highest BCUT2D eigenvalue weighted by Gasteiger charge is 2.10. The summed E-state index contributed by atoms with van der Waals surface area (Å²) in [4.78, 5) is 28.0. The number of rotatable bonds is 7. The SMILES string of the molecule is COc1ccc2oc(CNC(=O)CCC(=O)Nc3ccccc3)nc2c1. The molecule has 26 heavy (non-hydrogen) atoms. The van der Waals surface area contributed by atoms with Crippen LogP contribution in [0.4, 0.5) is 5.69 Å². The van der Waals surface area contributed by atoms with Crippen LogP contribution in [-0.2, 0) is 16.1 Å². The van der Waals surface area contributed by atoms with Crippen molar-refractivity contribution in [1.29, 1.82) is 0 Å². The number of fused-ring (bicyclic) bond motifs is 1. The van der Waals surface area contributed by atoms with Gasteiger partial charge in [-0.1, -0.05) is 18.2 Å². The second-order valence-electron chi connectivity index (χ2n) is 5.63. The average molecular weight is 353 g/mol. The molecule has 0 radical (unpaired) electrons. The number of oxazole rings is 1. The van der Waals surface area contributed by atoms with Gasteiger partial charge in [0.2, 0.25) is 17.7 Å². The molecule has 0 aliphatic rings. The standard InChI is InChI=1S/C19H19N3O4/c1-25-14-7-8-16-15(11-14)22-19(26-16)12-20-17(23)9-10-18(24)21-13-5-3-2-4-6-13/h2-8,11H,9-10,12H2,1H3,(H,20,23)(H,21,24). The number of anilines is 1. The summed E-state index contributed by atoms with van der Waals surface area (Å²) < 4.78 is 10.7. The van der Waals surface area contributed by atoms with Crippen molar-refractivity contribution in [3.63, 3.8) is 0 Å². The topological polar surface area (TPSA) is 93.5 Å². The number of amides is 2. The van der Waals surface area contributed by atoms with Gasteiger partial charge in [0, 0.05) is 24.6 Å². The molecule has 134 valence electrons. The number of methoxy groups -OCH3 is 1. The molecule has 0 spiro atoms. The predicted molar refractivity (Wildman–Crippen MR) is 96.7 cm³/mol. The van der Waals surface area contributed by atoms with E-state index in [-0.39, 0.29) is 31.2 Å². The van der Waals surface area contributed by atoms with Gasteiger partial charge in [-0.25, -0.2) is 4.98 Å². The smallest absolute Gasteiger partial charge is 0.224 e. The van der Waals surface area contributed by atoms with E-state index in [0.29, 0.717) is 28.4 Å². The number of carbonyl (C=O) groups excluding carboxylic acids is 2. The van der Waals surface area contributed by atoms with E-state index in [4.69, 9.17) is 9.15 Å². The summed E-state index contributed by atoms with van der Waals surface area (Å²) in [5, 5.41) is 5.44. The number of carbonyl (C=O) groups is 2. The molecule has 0 aliphatic carbocycles. The number of ether oxygens (including phenoxy) is 1. The Bertz CT molecular complexity index is 906. The largest absolute Gasteiger partial charge is 0.497 e. The first-order valence-corrected chi connectivity index (χ1v) is 8.19. The van der Waals surface area contributed by atoms with E-state index in [9.17, 15) is 9.59 Å². The summed E-state index contributed by atoms with van der Waals surface area (Å²) in [7, 11) is 1.58. The second kappa shape index (κ2) is 8.15. The predicted octanol–water partition coefficient (Wildman–Crippen LogP) is 2.87. The molecule has 0 atom stereocenters. The zero-order valence-corrected chi connectivity index (χ0v) is 14.3. The lowest BCUT2D eigenvalue weighted by atomic mass is 10.2. The third-order valence-corrected chi connectivity index (χ3v) is 3.71. The number of hydrogen-bond acceptors (Lipinski definition) is 5. The van der Waals surface area contributed by atoms with Crippen LogP contribution in [0.25, 0.3) is 11.1 Å². The van der Waals surface area contributed by atoms with Crippen LogP contribution in [0.2, 0.25) is 0 Å². The number of nitrogens with one attached hydrogen (secondary N) is 2. The van der Waals surface area contributed by atoms with Gasteiger partial charge < -0.3 is 19.8 Å². The van der Waals surface area contributed by atoms with Gasteiger partial charge in [-0.05, 0) is 24.3 Å². The Morgan fingerprint density at radius 2 is 1.85 bits per heavy atom. The van der Waals surface area contributed by atoms with Crippen LogP contribution >= 0.6 is 0 Å². The minimum atomic E-state index is -0.243. The third kappa shape index (κ3) is 4.60. The van der Waals surface area contributed by atoms with Crippen LogP contribution in [0.3, 0.4) is 0 Å². The van der Waals surface area contributed by atoms with E-state index < -0.39 is 0 Å². The maximum absolute atomic E-state index is 11.9. The Kier molecular flexibility index (Phi) is 5.48. The highest BCUT2D eigenvalue weighted by atomic mass is 16.5. The van der Waals surface area contributed by atoms with Crippen LogP contribution in [-0.4, -0.2) is 23.9 Å². The lowest BCUT2D eigenvalue weighted by Gasteiger charge is -2.05. The van der Waals surface area contributed by atoms with E-state index in [1.165, 1.54) is 0 Å². The molecule has 0 bridgehead atoms. The fourth-order valence-electron chi connectivity index (χ4n) is 2.39. The Balaban J connectivity index is 1.46. The maximum Gasteiger partial charge on any atom is 0.224 e. The van der Waals surface area contributed by atoms with E-state index in [0.717, 1.165) is 0 Å². The van der Waals surface area contributed by atoms with Gasteiger partial charge in [-0.3, -0.25) is 9.59 Å². The summed E-state index contributed by atoms with van der Waals surface area (Å²) in [6.45, 7) is 0.163. The molecule has 3 rings (SSSR count). The fraction of sp³-hybridized carbons (Fsp3) is 0.211. The number of benzene rings is 2. The quantitative estimate of drug-likeness (QED) is 0.681. The van der Waals surface area contributed by atoms with Crippen molar-refractivity contribution in [2.75, 3.05) is 12.4 Å². The van der Waals surface area contributed by atoms with Crippen LogP contribution < -0.4 is 15.4 Å². The van der Waals surface area contributed by atoms with Crippen LogP contribution in [0, 0.1) is 0 Å². The lowest BCUT2D eigenvalue weighted by Crippen LogP contribution is -2.24. The van der Waals surface area contributed by atoms with Crippen molar-refractivity contribution in [1.82, 2.24) is 10.3 Å². The first-order chi connectivity index (χ1) is 12.6. The lowest BCUT2D eigenvalue weighted by molar-refractivity contribution is -0.124. The first kappa shape index (κ1) is 17.5. The maximum atomic E-state index is 11.9. The minimum absolute atomic E-state index is 0.0900. The van der Waals surface area contributed by atoms with E-state index in [1.807, 2.05) is 18.2 Å².